The Morgan fingerprint density at radius 2 is 1.88 bits per heavy atom. The highest BCUT2D eigenvalue weighted by molar-refractivity contribution is 6.05. The van der Waals surface area contributed by atoms with E-state index in [9.17, 15) is 14.4 Å². The molecule has 0 aliphatic heterocycles. The van der Waals surface area contributed by atoms with E-state index >= 15 is 0 Å². The van der Waals surface area contributed by atoms with E-state index < -0.39 is 11.9 Å². The van der Waals surface area contributed by atoms with E-state index in [2.05, 4.69) is 10.6 Å². The number of aryl methyl sites for hydroxylation is 1. The van der Waals surface area contributed by atoms with Crippen LogP contribution in [0, 0.1) is 0 Å². The molecule has 1 heterocycles. The van der Waals surface area contributed by atoms with E-state index in [1.807, 2.05) is 6.92 Å². The minimum absolute atomic E-state index is 0.0275. The number of hydrogen-bond acceptors (Lipinski definition) is 4. The van der Waals surface area contributed by atoms with Gasteiger partial charge in [0, 0.05) is 30.3 Å². The van der Waals surface area contributed by atoms with Crippen molar-refractivity contribution in [3.8, 4) is 0 Å². The quantitative estimate of drug-likeness (QED) is 0.715. The number of carboxylic acids is 1. The number of furan rings is 1. The van der Waals surface area contributed by atoms with Crippen LogP contribution in [0.2, 0.25) is 0 Å². The standard InChI is InChI=1S/C18H20N2O5/c1-3-8-19-16(21)11-6-5-7-12(9-11)20-17(22)15-10-13(18(23)24)14(4-2)25-15/h5-7,9-10H,3-4,8H2,1-2H3,(H,19,21)(H,20,22)(H,23,24). The monoisotopic (exact) mass is 344 g/mol. The molecule has 1 aromatic carbocycles. The molecule has 0 aliphatic carbocycles. The first-order chi connectivity index (χ1) is 12.0. The topological polar surface area (TPSA) is 109 Å². The van der Waals surface area contributed by atoms with Gasteiger partial charge in [-0.2, -0.15) is 0 Å². The van der Waals surface area contributed by atoms with E-state index in [-0.39, 0.29) is 23.0 Å². The zero-order valence-corrected chi connectivity index (χ0v) is 14.1. The molecule has 7 nitrogen and oxygen atoms in total. The maximum atomic E-state index is 12.3. The Kier molecular flexibility index (Phi) is 5.94. The van der Waals surface area contributed by atoms with Gasteiger partial charge in [-0.25, -0.2) is 4.79 Å². The van der Waals surface area contributed by atoms with Gasteiger partial charge < -0.3 is 20.2 Å². The van der Waals surface area contributed by atoms with Crippen LogP contribution in [0.5, 0.6) is 0 Å². The maximum Gasteiger partial charge on any atom is 0.339 e. The van der Waals surface area contributed by atoms with Crippen LogP contribution in [0.4, 0.5) is 5.69 Å². The number of nitrogens with one attached hydrogen (secondary N) is 2. The molecule has 1 aromatic heterocycles. The number of benzene rings is 1. The molecule has 2 rings (SSSR count). The third-order valence-corrected chi connectivity index (χ3v) is 3.50. The number of hydrogen-bond donors (Lipinski definition) is 3. The lowest BCUT2D eigenvalue weighted by molar-refractivity contribution is 0.0694. The molecule has 0 bridgehead atoms. The molecule has 2 amide bonds. The Balaban J connectivity index is 2.15. The molecule has 0 radical (unpaired) electrons. The van der Waals surface area contributed by atoms with Crippen LogP contribution in [-0.4, -0.2) is 29.4 Å². The number of aromatic carboxylic acids is 1. The predicted molar refractivity (Wildman–Crippen MR) is 92.1 cm³/mol. The van der Waals surface area contributed by atoms with Crippen molar-refractivity contribution in [3.05, 3.63) is 53.0 Å². The molecule has 0 saturated heterocycles. The summed E-state index contributed by atoms with van der Waals surface area (Å²) >= 11 is 0. The lowest BCUT2D eigenvalue weighted by atomic mass is 10.2. The SMILES string of the molecule is CCCNC(=O)c1cccc(NC(=O)c2cc(C(=O)O)c(CC)o2)c1. The van der Waals surface area contributed by atoms with Gasteiger partial charge in [0.2, 0.25) is 0 Å². The van der Waals surface area contributed by atoms with Gasteiger partial charge in [-0.05, 0) is 24.6 Å². The van der Waals surface area contributed by atoms with Gasteiger partial charge >= 0.3 is 5.97 Å². The molecule has 7 heteroatoms. The lowest BCUT2D eigenvalue weighted by Crippen LogP contribution is -2.24. The van der Waals surface area contributed by atoms with Crippen molar-refractivity contribution in [2.75, 3.05) is 11.9 Å². The number of carbonyl (C=O) groups is 3. The summed E-state index contributed by atoms with van der Waals surface area (Å²) in [5.41, 5.74) is 0.812. The van der Waals surface area contributed by atoms with Crippen molar-refractivity contribution in [2.24, 2.45) is 0 Å². The van der Waals surface area contributed by atoms with Crippen molar-refractivity contribution >= 4 is 23.5 Å². The van der Waals surface area contributed by atoms with Crippen LogP contribution in [0.15, 0.2) is 34.7 Å². The number of anilines is 1. The molecule has 0 spiro atoms. The van der Waals surface area contributed by atoms with Crippen LogP contribution in [0.3, 0.4) is 0 Å². The molecule has 132 valence electrons. The Morgan fingerprint density at radius 3 is 2.48 bits per heavy atom. The summed E-state index contributed by atoms with van der Waals surface area (Å²) in [6.45, 7) is 4.27. The normalized spacial score (nSPS) is 10.3. The van der Waals surface area contributed by atoms with Crippen LogP contribution >= 0.6 is 0 Å². The Labute approximate surface area is 145 Å². The van der Waals surface area contributed by atoms with Crippen molar-refractivity contribution in [1.82, 2.24) is 5.32 Å². The van der Waals surface area contributed by atoms with Crippen molar-refractivity contribution < 1.29 is 23.9 Å². The summed E-state index contributed by atoms with van der Waals surface area (Å²) in [5.74, 6) is -1.79. The molecule has 0 atom stereocenters. The molecular formula is C18H20N2O5. The first-order valence-corrected chi connectivity index (χ1v) is 8.01. The smallest absolute Gasteiger partial charge is 0.339 e. The van der Waals surface area contributed by atoms with Crippen LogP contribution in [0.25, 0.3) is 0 Å². The van der Waals surface area contributed by atoms with Crippen LogP contribution < -0.4 is 10.6 Å². The minimum atomic E-state index is -1.14. The van der Waals surface area contributed by atoms with Gasteiger partial charge in [0.1, 0.15) is 11.3 Å². The zero-order chi connectivity index (χ0) is 18.4. The summed E-state index contributed by atoms with van der Waals surface area (Å²) in [7, 11) is 0. The fourth-order valence-electron chi connectivity index (χ4n) is 2.26. The molecule has 25 heavy (non-hydrogen) atoms. The summed E-state index contributed by atoms with van der Waals surface area (Å²) in [4.78, 5) is 35.4. The van der Waals surface area contributed by atoms with Gasteiger partial charge in [-0.1, -0.05) is 19.9 Å². The fraction of sp³-hybridized carbons (Fsp3) is 0.278. The predicted octanol–water partition coefficient (Wildman–Crippen LogP) is 2.93. The highest BCUT2D eigenvalue weighted by Crippen LogP contribution is 2.18. The molecular weight excluding hydrogens is 324 g/mol. The maximum absolute atomic E-state index is 12.3. The summed E-state index contributed by atoms with van der Waals surface area (Å²) < 4.78 is 5.32. The molecule has 0 unspecified atom stereocenters. The molecule has 2 aromatic rings. The average Bonchev–Trinajstić information content (AvgIpc) is 3.04. The van der Waals surface area contributed by atoms with Gasteiger partial charge in [0.05, 0.1) is 0 Å². The number of amides is 2. The van der Waals surface area contributed by atoms with Crippen molar-refractivity contribution in [3.63, 3.8) is 0 Å². The Hall–Kier alpha value is -3.09. The second-order valence-electron chi connectivity index (χ2n) is 5.40. The minimum Gasteiger partial charge on any atom is -0.478 e. The van der Waals surface area contributed by atoms with E-state index in [4.69, 9.17) is 9.52 Å². The van der Waals surface area contributed by atoms with Gasteiger partial charge in [0.25, 0.3) is 11.8 Å². The van der Waals surface area contributed by atoms with Crippen molar-refractivity contribution in [2.45, 2.75) is 26.7 Å². The summed E-state index contributed by atoms with van der Waals surface area (Å²) in [6.07, 6.45) is 1.19. The summed E-state index contributed by atoms with van der Waals surface area (Å²) in [6, 6.07) is 7.68. The third-order valence-electron chi connectivity index (χ3n) is 3.50. The van der Waals surface area contributed by atoms with E-state index in [1.165, 1.54) is 6.07 Å². The van der Waals surface area contributed by atoms with Crippen LogP contribution in [0.1, 0.15) is 57.3 Å². The second kappa shape index (κ2) is 8.14. The largest absolute Gasteiger partial charge is 0.478 e. The van der Waals surface area contributed by atoms with E-state index in [0.717, 1.165) is 6.42 Å². The zero-order valence-electron chi connectivity index (χ0n) is 14.1. The van der Waals surface area contributed by atoms with Gasteiger partial charge in [0.15, 0.2) is 5.76 Å². The molecule has 0 aliphatic rings. The highest BCUT2D eigenvalue weighted by Gasteiger charge is 2.20. The first-order valence-electron chi connectivity index (χ1n) is 8.01. The van der Waals surface area contributed by atoms with E-state index in [1.54, 1.807) is 31.2 Å². The molecule has 3 N–H and O–H groups in total. The second-order valence-corrected chi connectivity index (χ2v) is 5.40. The van der Waals surface area contributed by atoms with Crippen LogP contribution in [-0.2, 0) is 6.42 Å². The first kappa shape index (κ1) is 18.3. The van der Waals surface area contributed by atoms with Gasteiger partial charge in [-0.3, -0.25) is 9.59 Å². The number of carbonyl (C=O) groups excluding carboxylic acids is 2. The number of rotatable bonds is 7. The molecule has 0 fully saturated rings. The summed E-state index contributed by atoms with van der Waals surface area (Å²) in [5, 5.41) is 14.5. The Morgan fingerprint density at radius 1 is 1.12 bits per heavy atom. The number of carboxylic acid groups (broad SMARTS) is 1. The third kappa shape index (κ3) is 4.47. The Bertz CT molecular complexity index is 795. The van der Waals surface area contributed by atoms with Crippen molar-refractivity contribution in [1.29, 1.82) is 0 Å². The van der Waals surface area contributed by atoms with E-state index in [0.29, 0.717) is 24.2 Å². The highest BCUT2D eigenvalue weighted by atomic mass is 16.4. The van der Waals surface area contributed by atoms with Gasteiger partial charge in [-0.15, -0.1) is 0 Å². The fourth-order valence-corrected chi connectivity index (χ4v) is 2.26. The average molecular weight is 344 g/mol. The molecule has 0 saturated carbocycles. The lowest BCUT2D eigenvalue weighted by Gasteiger charge is -2.07.